The van der Waals surface area contributed by atoms with E-state index in [0.29, 0.717) is 0 Å². The smallest absolute Gasteiger partial charge is 0.343 e. The van der Waals surface area contributed by atoms with Crippen LogP contribution in [0, 0.1) is 27.7 Å². The van der Waals surface area contributed by atoms with E-state index in [1.807, 2.05) is 0 Å². The van der Waals surface area contributed by atoms with Crippen molar-refractivity contribution in [2.24, 2.45) is 0 Å². The molecule has 0 rings (SSSR count). The van der Waals surface area contributed by atoms with Gasteiger partial charge in [-0.15, -0.1) is 0 Å². The van der Waals surface area contributed by atoms with Gasteiger partial charge in [0.25, 0.3) is 0 Å². The average molecular weight is 859 g/mol. The van der Waals surface area contributed by atoms with Crippen LogP contribution in [0.25, 0.3) is 0 Å². The summed E-state index contributed by atoms with van der Waals surface area (Å²) < 4.78 is 0. The van der Waals surface area contributed by atoms with Crippen LogP contribution < -0.4 is 0 Å². The summed E-state index contributed by atoms with van der Waals surface area (Å²) in [5.41, 5.74) is 0. The first-order chi connectivity index (χ1) is 28.7. The van der Waals surface area contributed by atoms with Gasteiger partial charge in [0.2, 0.25) is 0 Å². The number of hydrogen-bond acceptors (Lipinski definition) is 0. The largest absolute Gasteiger partial charge is 4.00 e. The van der Waals surface area contributed by atoms with E-state index in [2.05, 4.69) is 91.8 Å². The molecule has 0 nitrogen and oxygen atoms in total. The Labute approximate surface area is 393 Å². The Hall–Kier alpha value is -0.0657. The molecule has 0 aliphatic heterocycles. The van der Waals surface area contributed by atoms with Crippen LogP contribution in [-0.2, 0) is 21.7 Å². The van der Waals surface area contributed by atoms with E-state index in [1.54, 1.807) is 0 Å². The Morgan fingerprint density at radius 2 is 0.356 bits per heavy atom. The van der Waals surface area contributed by atoms with Crippen molar-refractivity contribution in [3.63, 3.8) is 0 Å². The molecule has 0 radical (unpaired) electrons. The number of allylic oxidation sites excluding steroid dienone is 6. The first-order valence-electron chi connectivity index (χ1n) is 26.8. The molecule has 0 unspecified atom stereocenters. The molecule has 0 aromatic carbocycles. The van der Waals surface area contributed by atoms with Crippen molar-refractivity contribution < 1.29 is 21.7 Å². The third kappa shape index (κ3) is 85.9. The second-order valence-corrected chi connectivity index (χ2v) is 17.2. The van der Waals surface area contributed by atoms with E-state index < -0.39 is 0 Å². The quantitative estimate of drug-likeness (QED) is 0.0248. The minimum absolute atomic E-state index is 0. The molecule has 0 heterocycles. The van der Waals surface area contributed by atoms with E-state index in [-0.39, 0.29) is 21.7 Å². The molecule has 350 valence electrons. The van der Waals surface area contributed by atoms with Gasteiger partial charge in [0.1, 0.15) is 0 Å². The van der Waals surface area contributed by atoms with Crippen LogP contribution in [0.2, 0.25) is 0 Å². The topological polar surface area (TPSA) is 0 Å². The van der Waals surface area contributed by atoms with Crippen molar-refractivity contribution >= 4 is 0 Å². The maximum atomic E-state index is 3.87. The molecule has 0 aliphatic carbocycles. The zero-order valence-electron chi connectivity index (χ0n) is 41.9. The Morgan fingerprint density at radius 1 is 0.203 bits per heavy atom. The molecule has 0 atom stereocenters. The van der Waals surface area contributed by atoms with E-state index in [9.17, 15) is 0 Å². The number of unbranched alkanes of at least 4 members (excludes halogenated alkanes) is 37. The van der Waals surface area contributed by atoms with Crippen molar-refractivity contribution in [3.8, 4) is 0 Å². The summed E-state index contributed by atoms with van der Waals surface area (Å²) in [6.45, 7) is 24.2. The molecule has 0 aromatic rings. The molecule has 59 heavy (non-hydrogen) atoms. The van der Waals surface area contributed by atoms with Crippen LogP contribution in [0.5, 0.6) is 0 Å². The number of rotatable bonds is 43. The summed E-state index contributed by atoms with van der Waals surface area (Å²) in [4.78, 5) is 0. The fraction of sp³-hybridized carbons (Fsp3) is 0.828. The third-order valence-corrected chi connectivity index (χ3v) is 10.9. The standard InChI is InChI=1S/3C18H35.C4H9.Ti/c3*1-3-5-7-9-11-13-15-17-18-16-14-12-10-8-6-4-2;1-3-4-2;/h3*17-18H,1,3-16H2,2H3;1,3-4H2,2H3;/q4*-1;+4/b3*18-17-;;. The Bertz CT molecular complexity index is 543. The molecule has 0 fully saturated rings. The van der Waals surface area contributed by atoms with E-state index in [0.717, 1.165) is 25.7 Å². The van der Waals surface area contributed by atoms with Crippen molar-refractivity contribution in [1.29, 1.82) is 0 Å². The van der Waals surface area contributed by atoms with Crippen molar-refractivity contribution in [2.75, 3.05) is 0 Å². The van der Waals surface area contributed by atoms with Gasteiger partial charge in [0.05, 0.1) is 0 Å². The molecule has 0 bridgehead atoms. The van der Waals surface area contributed by atoms with Crippen LogP contribution in [0.1, 0.15) is 310 Å². The molecule has 0 N–H and O–H groups in total. The number of hydrogen-bond donors (Lipinski definition) is 0. The minimum Gasteiger partial charge on any atom is -0.343 e. The second-order valence-electron chi connectivity index (χ2n) is 17.2. The Kier molecular flexibility index (Phi) is 86.8. The monoisotopic (exact) mass is 859 g/mol. The van der Waals surface area contributed by atoms with Gasteiger partial charge in [0.15, 0.2) is 0 Å². The molecule has 0 saturated carbocycles. The van der Waals surface area contributed by atoms with Gasteiger partial charge in [-0.3, -0.25) is 0 Å². The Balaban J connectivity index is -0.000000234. The fourth-order valence-corrected chi connectivity index (χ4v) is 6.74. The van der Waals surface area contributed by atoms with E-state index in [1.165, 1.54) is 257 Å². The van der Waals surface area contributed by atoms with Gasteiger partial charge in [0, 0.05) is 0 Å². The van der Waals surface area contributed by atoms with Gasteiger partial charge in [-0.1, -0.05) is 244 Å². The van der Waals surface area contributed by atoms with E-state index in [4.69, 9.17) is 0 Å². The molecule has 1 heteroatoms. The predicted octanol–water partition coefficient (Wildman–Crippen LogP) is 22.2. The first kappa shape index (κ1) is 68.0. The summed E-state index contributed by atoms with van der Waals surface area (Å²) in [5, 5.41) is 0. The molecule has 0 amide bonds. The van der Waals surface area contributed by atoms with Crippen LogP contribution in [-0.4, -0.2) is 0 Å². The average Bonchev–Trinajstić information content (AvgIpc) is 3.24. The zero-order chi connectivity index (χ0) is 43.4. The molecule has 0 spiro atoms. The molecule has 0 saturated heterocycles. The summed E-state index contributed by atoms with van der Waals surface area (Å²) in [7, 11) is 0. The van der Waals surface area contributed by atoms with Crippen LogP contribution in [0.3, 0.4) is 0 Å². The maximum absolute atomic E-state index is 3.87. The van der Waals surface area contributed by atoms with Crippen LogP contribution >= 0.6 is 0 Å². The normalized spacial score (nSPS) is 11.0. The van der Waals surface area contributed by atoms with Gasteiger partial charge in [-0.2, -0.15) is 25.7 Å². The van der Waals surface area contributed by atoms with Crippen LogP contribution in [0.15, 0.2) is 36.5 Å². The Morgan fingerprint density at radius 3 is 0.508 bits per heavy atom. The minimum atomic E-state index is 0. The maximum Gasteiger partial charge on any atom is 4.00 e. The van der Waals surface area contributed by atoms with Crippen molar-refractivity contribution in [1.82, 2.24) is 0 Å². The summed E-state index contributed by atoms with van der Waals surface area (Å²) in [6.07, 6.45) is 73.8. The van der Waals surface area contributed by atoms with Gasteiger partial charge in [-0.05, 0) is 77.0 Å². The zero-order valence-corrected chi connectivity index (χ0v) is 43.5. The molecule has 0 aromatic heterocycles. The van der Waals surface area contributed by atoms with Gasteiger partial charge >= 0.3 is 21.7 Å². The third-order valence-electron chi connectivity index (χ3n) is 10.9. The van der Waals surface area contributed by atoms with Crippen molar-refractivity contribution in [2.45, 2.75) is 310 Å². The molecular formula is C58H114Ti. The summed E-state index contributed by atoms with van der Waals surface area (Å²) in [6, 6.07) is 0. The molecule has 0 aliphatic rings. The molecular weight excluding hydrogens is 745 g/mol. The summed E-state index contributed by atoms with van der Waals surface area (Å²) >= 11 is 0. The van der Waals surface area contributed by atoms with Gasteiger partial charge < -0.3 is 27.7 Å². The first-order valence-corrected chi connectivity index (χ1v) is 26.8. The fourth-order valence-electron chi connectivity index (χ4n) is 6.74. The van der Waals surface area contributed by atoms with Crippen LogP contribution in [0.4, 0.5) is 0 Å². The SMILES string of the molecule is [CH2-]CCC.[CH2-]CCCCCCC/C=C\CCCCCCCC.[CH2-]CCCCCCC/C=C\CCCCCCCC.[CH2-]CCCCCCC/C=C\CCCCCCCC.[Ti+4]. The second kappa shape index (κ2) is 75.3. The van der Waals surface area contributed by atoms with Gasteiger partial charge in [-0.25, -0.2) is 0 Å². The van der Waals surface area contributed by atoms with E-state index >= 15 is 0 Å². The predicted molar refractivity (Wildman–Crippen MR) is 275 cm³/mol. The summed E-state index contributed by atoms with van der Waals surface area (Å²) in [5.74, 6) is 0. The van der Waals surface area contributed by atoms with Crippen molar-refractivity contribution in [3.05, 3.63) is 64.2 Å².